The van der Waals surface area contributed by atoms with Crippen molar-refractivity contribution < 1.29 is 4.74 Å². The molecule has 0 unspecified atom stereocenters. The standard InChI is InChI=1S/C13H12Br2N2O/c1-18-12-4-2-3-10(13(12)16)17-11-7-8(14)5-6-9(11)15/h2-7,17H,16H2,1H3. The van der Waals surface area contributed by atoms with E-state index in [0.717, 1.165) is 20.3 Å². The number of benzene rings is 2. The van der Waals surface area contributed by atoms with Gasteiger partial charge in [-0.25, -0.2) is 0 Å². The Hall–Kier alpha value is -1.20. The first-order valence-electron chi connectivity index (χ1n) is 5.26. The second kappa shape index (κ2) is 5.63. The highest BCUT2D eigenvalue weighted by molar-refractivity contribution is 9.11. The molecule has 2 rings (SSSR count). The van der Waals surface area contributed by atoms with Gasteiger partial charge in [-0.1, -0.05) is 22.0 Å². The summed E-state index contributed by atoms with van der Waals surface area (Å²) in [6, 6.07) is 11.5. The van der Waals surface area contributed by atoms with E-state index in [9.17, 15) is 0 Å². The van der Waals surface area contributed by atoms with E-state index in [1.807, 2.05) is 36.4 Å². The second-order valence-corrected chi connectivity index (χ2v) is 5.44. The van der Waals surface area contributed by atoms with E-state index in [4.69, 9.17) is 10.5 Å². The number of methoxy groups -OCH3 is 1. The van der Waals surface area contributed by atoms with Crippen molar-refractivity contribution in [3.63, 3.8) is 0 Å². The zero-order chi connectivity index (χ0) is 13.1. The number of hydrogen-bond donors (Lipinski definition) is 2. The van der Waals surface area contributed by atoms with Crippen molar-refractivity contribution >= 4 is 48.9 Å². The molecule has 0 aliphatic heterocycles. The van der Waals surface area contributed by atoms with Crippen LogP contribution in [0, 0.1) is 0 Å². The molecule has 2 aromatic carbocycles. The SMILES string of the molecule is COc1cccc(Nc2cc(Br)ccc2Br)c1N. The summed E-state index contributed by atoms with van der Waals surface area (Å²) in [5.41, 5.74) is 8.35. The first-order chi connectivity index (χ1) is 8.61. The largest absolute Gasteiger partial charge is 0.495 e. The van der Waals surface area contributed by atoms with Gasteiger partial charge in [-0.05, 0) is 46.3 Å². The number of nitrogens with one attached hydrogen (secondary N) is 1. The van der Waals surface area contributed by atoms with Crippen LogP contribution in [0.15, 0.2) is 45.3 Å². The van der Waals surface area contributed by atoms with Crippen molar-refractivity contribution in [1.29, 1.82) is 0 Å². The Kier molecular flexibility index (Phi) is 4.14. The maximum atomic E-state index is 6.02. The lowest BCUT2D eigenvalue weighted by molar-refractivity contribution is 0.417. The number of rotatable bonds is 3. The second-order valence-electron chi connectivity index (χ2n) is 3.67. The summed E-state index contributed by atoms with van der Waals surface area (Å²) < 4.78 is 7.15. The van der Waals surface area contributed by atoms with Gasteiger partial charge >= 0.3 is 0 Å². The third-order valence-electron chi connectivity index (χ3n) is 2.48. The molecular formula is C13H12Br2N2O. The first kappa shape index (κ1) is 13.2. The van der Waals surface area contributed by atoms with Gasteiger partial charge in [0, 0.05) is 8.95 Å². The Morgan fingerprint density at radius 1 is 1.11 bits per heavy atom. The van der Waals surface area contributed by atoms with E-state index in [0.29, 0.717) is 11.4 Å². The average Bonchev–Trinajstić information content (AvgIpc) is 2.36. The molecular weight excluding hydrogens is 360 g/mol. The molecule has 18 heavy (non-hydrogen) atoms. The molecule has 2 aromatic rings. The van der Waals surface area contributed by atoms with Gasteiger partial charge in [-0.2, -0.15) is 0 Å². The molecule has 3 N–H and O–H groups in total. The van der Waals surface area contributed by atoms with Crippen LogP contribution in [0.5, 0.6) is 5.75 Å². The lowest BCUT2D eigenvalue weighted by atomic mass is 10.2. The third-order valence-corrected chi connectivity index (χ3v) is 3.67. The van der Waals surface area contributed by atoms with E-state index in [1.54, 1.807) is 7.11 Å². The summed E-state index contributed by atoms with van der Waals surface area (Å²) in [7, 11) is 1.60. The third kappa shape index (κ3) is 2.79. The van der Waals surface area contributed by atoms with Crippen molar-refractivity contribution in [2.45, 2.75) is 0 Å². The van der Waals surface area contributed by atoms with Gasteiger partial charge in [0.15, 0.2) is 0 Å². The highest BCUT2D eigenvalue weighted by atomic mass is 79.9. The minimum atomic E-state index is 0.590. The fraction of sp³-hybridized carbons (Fsp3) is 0.0769. The molecule has 3 nitrogen and oxygen atoms in total. The minimum Gasteiger partial charge on any atom is -0.495 e. The molecule has 0 bridgehead atoms. The summed E-state index contributed by atoms with van der Waals surface area (Å²) >= 11 is 6.93. The fourth-order valence-corrected chi connectivity index (χ4v) is 2.28. The maximum Gasteiger partial charge on any atom is 0.143 e. The highest BCUT2D eigenvalue weighted by Gasteiger charge is 2.07. The number of halogens is 2. The van der Waals surface area contributed by atoms with Crippen LogP contribution in [-0.2, 0) is 0 Å². The quantitative estimate of drug-likeness (QED) is 0.778. The highest BCUT2D eigenvalue weighted by Crippen LogP contribution is 2.34. The Balaban J connectivity index is 2.37. The normalized spacial score (nSPS) is 10.2. The summed E-state index contributed by atoms with van der Waals surface area (Å²) in [5.74, 6) is 0.658. The van der Waals surface area contributed by atoms with Crippen LogP contribution in [0.2, 0.25) is 0 Å². The molecule has 0 atom stereocenters. The van der Waals surface area contributed by atoms with Crippen LogP contribution >= 0.6 is 31.9 Å². The Morgan fingerprint density at radius 3 is 2.61 bits per heavy atom. The van der Waals surface area contributed by atoms with E-state index in [-0.39, 0.29) is 0 Å². The number of para-hydroxylation sites is 1. The fourth-order valence-electron chi connectivity index (χ4n) is 1.57. The minimum absolute atomic E-state index is 0.590. The van der Waals surface area contributed by atoms with Gasteiger partial charge < -0.3 is 15.8 Å². The topological polar surface area (TPSA) is 47.3 Å². The summed E-state index contributed by atoms with van der Waals surface area (Å²) in [5, 5.41) is 3.27. The zero-order valence-electron chi connectivity index (χ0n) is 9.71. The molecule has 0 aromatic heterocycles. The van der Waals surface area contributed by atoms with Gasteiger partial charge in [0.05, 0.1) is 24.2 Å². The van der Waals surface area contributed by atoms with Crippen LogP contribution < -0.4 is 15.8 Å². The molecule has 0 radical (unpaired) electrons. The molecule has 0 aliphatic carbocycles. The summed E-state index contributed by atoms with van der Waals surface area (Å²) in [6.45, 7) is 0. The molecule has 0 heterocycles. The van der Waals surface area contributed by atoms with Crippen molar-refractivity contribution in [2.24, 2.45) is 0 Å². The van der Waals surface area contributed by atoms with E-state index in [1.165, 1.54) is 0 Å². The number of ether oxygens (including phenoxy) is 1. The zero-order valence-corrected chi connectivity index (χ0v) is 12.9. The Bertz CT molecular complexity index is 573. The molecule has 0 amide bonds. The van der Waals surface area contributed by atoms with Gasteiger partial charge in [-0.3, -0.25) is 0 Å². The molecule has 5 heteroatoms. The van der Waals surface area contributed by atoms with E-state index >= 15 is 0 Å². The summed E-state index contributed by atoms with van der Waals surface area (Å²) in [6.07, 6.45) is 0. The lowest BCUT2D eigenvalue weighted by Gasteiger charge is -2.13. The molecule has 0 aliphatic rings. The molecule has 0 fully saturated rings. The number of anilines is 3. The van der Waals surface area contributed by atoms with Crippen molar-refractivity contribution in [2.75, 3.05) is 18.2 Å². The van der Waals surface area contributed by atoms with Gasteiger partial charge in [0.25, 0.3) is 0 Å². The molecule has 0 saturated heterocycles. The van der Waals surface area contributed by atoms with Crippen LogP contribution in [0.3, 0.4) is 0 Å². The van der Waals surface area contributed by atoms with Gasteiger partial charge in [0.1, 0.15) is 5.75 Å². The predicted octanol–water partition coefficient (Wildman–Crippen LogP) is 4.55. The number of hydrogen-bond acceptors (Lipinski definition) is 3. The molecule has 0 saturated carbocycles. The van der Waals surface area contributed by atoms with Crippen LogP contribution in [-0.4, -0.2) is 7.11 Å². The average molecular weight is 372 g/mol. The van der Waals surface area contributed by atoms with Gasteiger partial charge in [0.2, 0.25) is 0 Å². The molecule has 0 spiro atoms. The van der Waals surface area contributed by atoms with Gasteiger partial charge in [-0.15, -0.1) is 0 Å². The van der Waals surface area contributed by atoms with E-state index in [2.05, 4.69) is 37.2 Å². The summed E-state index contributed by atoms with van der Waals surface area (Å²) in [4.78, 5) is 0. The van der Waals surface area contributed by atoms with Crippen LogP contribution in [0.1, 0.15) is 0 Å². The van der Waals surface area contributed by atoms with E-state index < -0.39 is 0 Å². The molecule has 94 valence electrons. The predicted molar refractivity (Wildman–Crippen MR) is 82.5 cm³/mol. The Labute approximate surface area is 123 Å². The van der Waals surface area contributed by atoms with Crippen molar-refractivity contribution in [1.82, 2.24) is 0 Å². The monoisotopic (exact) mass is 370 g/mol. The number of nitrogen functional groups attached to an aromatic ring is 1. The van der Waals surface area contributed by atoms with Crippen molar-refractivity contribution in [3.05, 3.63) is 45.3 Å². The van der Waals surface area contributed by atoms with Crippen LogP contribution in [0.4, 0.5) is 17.1 Å². The lowest BCUT2D eigenvalue weighted by Crippen LogP contribution is -1.99. The maximum absolute atomic E-state index is 6.02. The first-order valence-corrected chi connectivity index (χ1v) is 6.85. The smallest absolute Gasteiger partial charge is 0.143 e. The number of nitrogens with two attached hydrogens (primary N) is 1. The van der Waals surface area contributed by atoms with Crippen LogP contribution in [0.25, 0.3) is 0 Å². The Morgan fingerprint density at radius 2 is 1.89 bits per heavy atom. The van der Waals surface area contributed by atoms with Crippen molar-refractivity contribution in [3.8, 4) is 5.75 Å².